The van der Waals surface area contributed by atoms with Crippen molar-refractivity contribution in [3.8, 4) is 5.75 Å². The molecule has 2 aromatic carbocycles. The van der Waals surface area contributed by atoms with Crippen molar-refractivity contribution in [2.45, 2.75) is 103 Å². The summed E-state index contributed by atoms with van der Waals surface area (Å²) in [5, 5.41) is 34.5. The minimum Gasteiger partial charge on any atom is -0.508 e. The topological polar surface area (TPSA) is 238 Å². The largest absolute Gasteiger partial charge is 0.508 e. The number of nitrogens with zero attached hydrogens (tertiary/aromatic N) is 1. The molecular formula is C37H47FN6O10. The maximum absolute atomic E-state index is 14.4. The third-order valence-corrected chi connectivity index (χ3v) is 9.21. The molecule has 1 saturated heterocycles. The van der Waals surface area contributed by atoms with E-state index in [-0.39, 0.29) is 61.2 Å². The Labute approximate surface area is 311 Å². The van der Waals surface area contributed by atoms with Gasteiger partial charge in [0.2, 0.25) is 35.4 Å². The average molecular weight is 755 g/mol. The molecule has 2 heterocycles. The summed E-state index contributed by atoms with van der Waals surface area (Å²) >= 11 is 0. The third-order valence-electron chi connectivity index (χ3n) is 9.21. The molecule has 6 N–H and O–H groups in total. The molecule has 54 heavy (non-hydrogen) atoms. The Morgan fingerprint density at radius 3 is 2.07 bits per heavy atom. The van der Waals surface area contributed by atoms with Crippen molar-refractivity contribution in [2.24, 2.45) is 11.8 Å². The zero-order valence-electron chi connectivity index (χ0n) is 31.0. The maximum Gasteiger partial charge on any atom is 0.304 e. The van der Waals surface area contributed by atoms with Crippen LogP contribution < -0.4 is 26.6 Å². The molecule has 6 atom stereocenters. The van der Waals surface area contributed by atoms with Gasteiger partial charge < -0.3 is 36.4 Å². The van der Waals surface area contributed by atoms with Gasteiger partial charge in [-0.15, -0.1) is 0 Å². The van der Waals surface area contributed by atoms with Crippen molar-refractivity contribution in [3.63, 3.8) is 0 Å². The number of amides is 5. The molecule has 5 amide bonds. The predicted octanol–water partition coefficient (Wildman–Crippen LogP) is 2.52. The van der Waals surface area contributed by atoms with Crippen molar-refractivity contribution < 1.29 is 47.9 Å². The smallest absolute Gasteiger partial charge is 0.304 e. The van der Waals surface area contributed by atoms with E-state index < -0.39 is 81.7 Å². The molecule has 0 bridgehead atoms. The lowest BCUT2D eigenvalue weighted by Gasteiger charge is -2.28. The Bertz CT molecular complexity index is 1810. The minimum absolute atomic E-state index is 0.0187. The van der Waals surface area contributed by atoms with Crippen LogP contribution in [-0.4, -0.2) is 81.7 Å². The molecule has 2 aliphatic rings. The quantitative estimate of drug-likeness (QED) is 0.0563. The number of nitro groups is 1. The molecule has 2 aromatic rings. The maximum atomic E-state index is 14.4. The predicted molar refractivity (Wildman–Crippen MR) is 193 cm³/mol. The van der Waals surface area contributed by atoms with Gasteiger partial charge >= 0.3 is 5.69 Å². The van der Waals surface area contributed by atoms with Crippen LogP contribution in [0, 0.1) is 27.8 Å². The van der Waals surface area contributed by atoms with Gasteiger partial charge in [-0.1, -0.05) is 33.8 Å². The molecule has 0 radical (unpaired) electrons. The number of carbonyl (C=O) groups is 6. The van der Waals surface area contributed by atoms with Gasteiger partial charge in [0.05, 0.1) is 23.5 Å². The Balaban J connectivity index is 1.61. The highest BCUT2D eigenvalue weighted by Gasteiger charge is 2.50. The molecule has 17 heteroatoms. The molecule has 4 rings (SSSR count). The number of benzene rings is 2. The molecule has 292 valence electrons. The number of phenolic OH excluding ortho intramolecular Hbond substituents is 1. The van der Waals surface area contributed by atoms with E-state index in [2.05, 4.69) is 26.6 Å². The van der Waals surface area contributed by atoms with Crippen LogP contribution in [0.15, 0.2) is 36.4 Å². The van der Waals surface area contributed by atoms with Gasteiger partial charge in [-0.3, -0.25) is 38.9 Å². The number of carbonyl (C=O) groups excluding carboxylic acids is 6. The van der Waals surface area contributed by atoms with E-state index in [1.165, 1.54) is 24.3 Å². The van der Waals surface area contributed by atoms with Crippen molar-refractivity contribution in [1.82, 2.24) is 21.3 Å². The van der Waals surface area contributed by atoms with Crippen LogP contribution in [0.4, 0.5) is 15.8 Å². The summed E-state index contributed by atoms with van der Waals surface area (Å²) in [5.74, 6) is -6.28. The number of hydrogen-bond donors (Lipinski definition) is 6. The second-order valence-electron chi connectivity index (χ2n) is 14.9. The molecule has 0 saturated carbocycles. The zero-order chi connectivity index (χ0) is 40.1. The first-order valence-electron chi connectivity index (χ1n) is 17.7. The number of phenols is 1. The van der Waals surface area contributed by atoms with Crippen LogP contribution in [0.25, 0.3) is 0 Å². The molecule has 1 fully saturated rings. The number of ether oxygens (including phenoxy) is 1. The van der Waals surface area contributed by atoms with Crippen molar-refractivity contribution in [1.29, 1.82) is 0 Å². The Hall–Kier alpha value is -5.45. The van der Waals surface area contributed by atoms with Gasteiger partial charge in [-0.25, -0.2) is 0 Å². The number of Topliss-reactive ketones (excluding diaryl/α,β-unsaturated/α-hetero) is 1. The summed E-state index contributed by atoms with van der Waals surface area (Å²) in [6.45, 7) is 10.3. The summed E-state index contributed by atoms with van der Waals surface area (Å²) < 4.78 is 19.7. The minimum atomic E-state index is -1.42. The lowest BCUT2D eigenvalue weighted by atomic mass is 9.90. The highest BCUT2D eigenvalue weighted by Crippen LogP contribution is 2.38. The van der Waals surface area contributed by atoms with Crippen molar-refractivity contribution >= 4 is 46.7 Å². The van der Waals surface area contributed by atoms with E-state index in [1.54, 1.807) is 20.8 Å². The molecule has 0 spiro atoms. The van der Waals surface area contributed by atoms with E-state index in [1.807, 2.05) is 13.8 Å². The number of epoxide rings is 1. The third kappa shape index (κ3) is 10.6. The van der Waals surface area contributed by atoms with Gasteiger partial charge in [0.25, 0.3) is 0 Å². The van der Waals surface area contributed by atoms with E-state index in [4.69, 9.17) is 4.74 Å². The average Bonchev–Trinajstić information content (AvgIpc) is 3.75. The van der Waals surface area contributed by atoms with Gasteiger partial charge in [-0.05, 0) is 73.4 Å². The van der Waals surface area contributed by atoms with Crippen LogP contribution in [0.3, 0.4) is 0 Å². The summed E-state index contributed by atoms with van der Waals surface area (Å²) in [6.07, 6.45) is -0.229. The number of anilines is 1. The number of hydrogen-bond acceptors (Lipinski definition) is 10. The van der Waals surface area contributed by atoms with Crippen LogP contribution >= 0.6 is 0 Å². The van der Waals surface area contributed by atoms with E-state index in [9.17, 15) is 48.4 Å². The van der Waals surface area contributed by atoms with Gasteiger partial charge in [0.15, 0.2) is 5.78 Å². The highest BCUT2D eigenvalue weighted by molar-refractivity contribution is 6.04. The highest BCUT2D eigenvalue weighted by atomic mass is 19.1. The fourth-order valence-electron chi connectivity index (χ4n) is 6.37. The standard InChI is InChI=1S/C37H47FN6O10/c1-18(2)11-27(32(47)37(6)17-54-37)41-36(51)30(16-24-23-15-22(46)8-9-26(23)40-33(24)48)43-34(49)28(12-19(3)4)42-35(50)29(39-20(5)45)14-21-7-10-31(44(52)53)25(38)13-21/h7-10,13,15,18-19,24,27-30,46H,11-12,14,16-17H2,1-6H3,(H,39,45)(H,40,48)(H,41,51)(H,42,50)(H,43,49)/t24?,27-,28-,29-,30-,37+/m0/s1. The Morgan fingerprint density at radius 2 is 1.50 bits per heavy atom. The molecule has 2 aliphatic heterocycles. The monoisotopic (exact) mass is 754 g/mol. The van der Waals surface area contributed by atoms with Gasteiger partial charge in [-0.2, -0.15) is 4.39 Å². The first kappa shape index (κ1) is 41.3. The van der Waals surface area contributed by atoms with Gasteiger partial charge in [0.1, 0.15) is 29.5 Å². The summed E-state index contributed by atoms with van der Waals surface area (Å²) in [4.78, 5) is 90.6. The van der Waals surface area contributed by atoms with E-state index >= 15 is 0 Å². The van der Waals surface area contributed by atoms with Crippen LogP contribution in [0.1, 0.15) is 77.8 Å². The normalized spacial score (nSPS) is 19.5. The number of halogens is 1. The summed E-state index contributed by atoms with van der Waals surface area (Å²) in [7, 11) is 0. The van der Waals surface area contributed by atoms with E-state index in [0.29, 0.717) is 11.3 Å². The van der Waals surface area contributed by atoms with Crippen LogP contribution in [0.2, 0.25) is 0 Å². The van der Waals surface area contributed by atoms with Gasteiger partial charge in [0, 0.05) is 25.1 Å². The molecule has 1 unspecified atom stereocenters. The number of ketones is 1. The molecule has 0 aromatic heterocycles. The second kappa shape index (κ2) is 17.1. The number of nitrogens with one attached hydrogen (secondary N) is 5. The fraction of sp³-hybridized carbons (Fsp3) is 0.514. The number of aromatic hydroxyl groups is 1. The van der Waals surface area contributed by atoms with E-state index in [0.717, 1.165) is 19.1 Å². The number of fused-ring (bicyclic) bond motifs is 1. The van der Waals surface area contributed by atoms with Crippen LogP contribution in [0.5, 0.6) is 5.75 Å². The zero-order valence-corrected chi connectivity index (χ0v) is 31.0. The molecule has 16 nitrogen and oxygen atoms in total. The molecule has 0 aliphatic carbocycles. The first-order chi connectivity index (χ1) is 25.3. The SMILES string of the molecule is CC(=O)N[C@@H](Cc1ccc([N+](=O)[O-])c(F)c1)C(=O)N[C@@H](CC(C)C)C(=O)N[C@@H](CC1C(=O)Nc2ccc(O)cc21)C(=O)N[C@@H](CC(C)C)C(=O)[C@@]1(C)CO1. The summed E-state index contributed by atoms with van der Waals surface area (Å²) in [6, 6.07) is 2.34. The number of nitro benzene ring substituents is 1. The lowest BCUT2D eigenvalue weighted by Crippen LogP contribution is -2.59. The van der Waals surface area contributed by atoms with Crippen LogP contribution in [-0.2, 0) is 39.9 Å². The fourth-order valence-corrected chi connectivity index (χ4v) is 6.37. The molecular weight excluding hydrogens is 707 g/mol. The second-order valence-corrected chi connectivity index (χ2v) is 14.9. The summed E-state index contributed by atoms with van der Waals surface area (Å²) in [5.41, 5.74) is -0.858. The Morgan fingerprint density at radius 1 is 0.926 bits per heavy atom. The van der Waals surface area contributed by atoms with Crippen molar-refractivity contribution in [2.75, 3.05) is 11.9 Å². The Kier molecular flexibility index (Phi) is 13.1. The van der Waals surface area contributed by atoms with Crippen molar-refractivity contribution in [3.05, 3.63) is 63.5 Å². The first-order valence-corrected chi connectivity index (χ1v) is 17.7. The number of rotatable bonds is 18. The lowest BCUT2D eigenvalue weighted by molar-refractivity contribution is -0.387.